The first kappa shape index (κ1) is 15.9. The largest absolute Gasteiger partial charge is 0.339 e. The quantitative estimate of drug-likeness (QED) is 0.738. The maximum Gasteiger partial charge on any atom is 0.242 e. The Kier molecular flexibility index (Phi) is 4.03. The molecular weight excluding hydrogens is 314 g/mol. The lowest BCUT2D eigenvalue weighted by Crippen LogP contribution is -2.42. The molecule has 1 aliphatic rings. The third-order valence-corrected chi connectivity index (χ3v) is 4.99. The summed E-state index contributed by atoms with van der Waals surface area (Å²) >= 11 is 0. The minimum atomic E-state index is 0.167. The lowest BCUT2D eigenvalue weighted by Gasteiger charge is -2.33. The van der Waals surface area contributed by atoms with E-state index in [4.69, 9.17) is 0 Å². The van der Waals surface area contributed by atoms with Crippen molar-refractivity contribution in [3.63, 3.8) is 0 Å². The van der Waals surface area contributed by atoms with Crippen LogP contribution in [-0.4, -0.2) is 43.2 Å². The van der Waals surface area contributed by atoms with Crippen molar-refractivity contribution in [2.45, 2.75) is 39.3 Å². The molecular formula is C19H23N5O. The van der Waals surface area contributed by atoms with Crippen molar-refractivity contribution in [1.29, 1.82) is 0 Å². The summed E-state index contributed by atoms with van der Waals surface area (Å²) < 4.78 is 4.02. The second-order valence-electron chi connectivity index (χ2n) is 6.79. The molecule has 0 aliphatic carbocycles. The molecule has 130 valence electrons. The smallest absolute Gasteiger partial charge is 0.242 e. The Bertz CT molecular complexity index is 910. The molecule has 6 heteroatoms. The van der Waals surface area contributed by atoms with Gasteiger partial charge in [0.2, 0.25) is 5.91 Å². The number of benzene rings is 1. The molecule has 1 atom stereocenters. The van der Waals surface area contributed by atoms with Crippen LogP contribution in [0.2, 0.25) is 0 Å². The van der Waals surface area contributed by atoms with Gasteiger partial charge in [-0.2, -0.15) is 5.10 Å². The van der Waals surface area contributed by atoms with Crippen molar-refractivity contribution in [3.05, 3.63) is 48.2 Å². The number of carbonyl (C=O) groups is 1. The average molecular weight is 337 g/mol. The molecule has 1 saturated heterocycles. The molecule has 1 aliphatic heterocycles. The third kappa shape index (κ3) is 3.04. The van der Waals surface area contributed by atoms with Crippen LogP contribution in [-0.2, 0) is 11.3 Å². The Morgan fingerprint density at radius 2 is 2.08 bits per heavy atom. The van der Waals surface area contributed by atoms with E-state index < -0.39 is 0 Å². The molecule has 1 aromatic carbocycles. The zero-order valence-corrected chi connectivity index (χ0v) is 14.7. The number of hydrogen-bond acceptors (Lipinski definition) is 3. The normalized spacial score (nSPS) is 18.0. The van der Waals surface area contributed by atoms with Gasteiger partial charge >= 0.3 is 0 Å². The zero-order valence-electron chi connectivity index (χ0n) is 14.7. The number of aromatic nitrogens is 4. The predicted molar refractivity (Wildman–Crippen MR) is 96.3 cm³/mol. The highest BCUT2D eigenvalue weighted by molar-refractivity contribution is 5.83. The van der Waals surface area contributed by atoms with Crippen LogP contribution in [0.1, 0.15) is 30.5 Å². The third-order valence-electron chi connectivity index (χ3n) is 4.99. The van der Waals surface area contributed by atoms with Gasteiger partial charge in [0.1, 0.15) is 18.2 Å². The first-order chi connectivity index (χ1) is 12.1. The molecule has 0 radical (unpaired) electrons. The molecule has 0 N–H and O–H groups in total. The number of aryl methyl sites for hydroxylation is 2. The Morgan fingerprint density at radius 1 is 1.24 bits per heavy atom. The number of nitrogens with zero attached hydrogens (tertiary/aromatic N) is 5. The molecule has 1 amide bonds. The molecule has 25 heavy (non-hydrogen) atoms. The number of rotatable bonds is 3. The van der Waals surface area contributed by atoms with E-state index in [1.807, 2.05) is 46.3 Å². The Hall–Kier alpha value is -2.63. The average Bonchev–Trinajstić information content (AvgIpc) is 3.18. The van der Waals surface area contributed by atoms with Gasteiger partial charge in [-0.1, -0.05) is 18.2 Å². The van der Waals surface area contributed by atoms with Crippen molar-refractivity contribution in [2.24, 2.45) is 0 Å². The van der Waals surface area contributed by atoms with E-state index in [1.54, 1.807) is 0 Å². The Labute approximate surface area is 147 Å². The number of carbonyl (C=O) groups excluding carboxylic acids is 1. The van der Waals surface area contributed by atoms with E-state index in [0.29, 0.717) is 13.1 Å². The monoisotopic (exact) mass is 337 g/mol. The molecule has 6 nitrogen and oxygen atoms in total. The summed E-state index contributed by atoms with van der Waals surface area (Å²) in [5.74, 6) is 1.88. The molecule has 3 heterocycles. The fraction of sp³-hybridized carbons (Fsp3) is 0.421. The number of likely N-dealkylation sites (tertiary alicyclic amines) is 1. The van der Waals surface area contributed by atoms with Gasteiger partial charge in [-0.05, 0) is 44.2 Å². The van der Waals surface area contributed by atoms with Gasteiger partial charge in [0.25, 0.3) is 0 Å². The zero-order chi connectivity index (χ0) is 17.4. The van der Waals surface area contributed by atoms with E-state index in [2.05, 4.69) is 28.3 Å². The highest BCUT2D eigenvalue weighted by Crippen LogP contribution is 2.23. The number of hydrogen-bond donors (Lipinski definition) is 0. The Balaban J connectivity index is 1.49. The van der Waals surface area contributed by atoms with Gasteiger partial charge < -0.3 is 9.47 Å². The summed E-state index contributed by atoms with van der Waals surface area (Å²) in [7, 11) is 0. The van der Waals surface area contributed by atoms with Gasteiger partial charge in [0, 0.05) is 24.8 Å². The lowest BCUT2D eigenvalue weighted by molar-refractivity contribution is -0.133. The van der Waals surface area contributed by atoms with E-state index in [-0.39, 0.29) is 11.9 Å². The minimum absolute atomic E-state index is 0.167. The summed E-state index contributed by atoms with van der Waals surface area (Å²) in [5.41, 5.74) is 1.10. The first-order valence-corrected chi connectivity index (χ1v) is 8.83. The van der Waals surface area contributed by atoms with Crippen molar-refractivity contribution < 1.29 is 4.79 Å². The van der Waals surface area contributed by atoms with Crippen LogP contribution < -0.4 is 0 Å². The molecule has 0 bridgehead atoms. The second-order valence-corrected chi connectivity index (χ2v) is 6.79. The standard InChI is InChI=1S/C19H23N5O/c1-14-20-15(2)24(21-14)17-7-5-10-23(12-17)19(25)13-22-11-9-16-6-3-4-8-18(16)22/h3-4,6,8-9,11,17H,5,7,10,12-13H2,1-2H3/t17-/m0/s1. The maximum atomic E-state index is 12.8. The lowest BCUT2D eigenvalue weighted by atomic mass is 10.1. The van der Waals surface area contributed by atoms with E-state index in [9.17, 15) is 4.79 Å². The number of amides is 1. The van der Waals surface area contributed by atoms with Gasteiger partial charge in [0.15, 0.2) is 0 Å². The first-order valence-electron chi connectivity index (χ1n) is 8.83. The summed E-state index contributed by atoms with van der Waals surface area (Å²) in [6.07, 6.45) is 4.04. The van der Waals surface area contributed by atoms with Gasteiger partial charge in [0.05, 0.1) is 6.04 Å². The molecule has 2 aromatic heterocycles. The fourth-order valence-corrected chi connectivity index (χ4v) is 3.79. The van der Waals surface area contributed by atoms with Crippen molar-refractivity contribution in [1.82, 2.24) is 24.2 Å². The Morgan fingerprint density at radius 3 is 2.88 bits per heavy atom. The van der Waals surface area contributed by atoms with E-state index in [1.165, 1.54) is 5.39 Å². The van der Waals surface area contributed by atoms with Gasteiger partial charge in [-0.25, -0.2) is 9.67 Å². The van der Waals surface area contributed by atoms with Crippen molar-refractivity contribution >= 4 is 16.8 Å². The number of para-hydroxylation sites is 1. The molecule has 0 unspecified atom stereocenters. The minimum Gasteiger partial charge on any atom is -0.339 e. The van der Waals surface area contributed by atoms with Gasteiger partial charge in [-0.3, -0.25) is 4.79 Å². The van der Waals surface area contributed by atoms with E-state index in [0.717, 1.165) is 36.6 Å². The van der Waals surface area contributed by atoms with Gasteiger partial charge in [-0.15, -0.1) is 0 Å². The SMILES string of the molecule is Cc1nc(C)n([C@H]2CCCN(C(=O)Cn3ccc4ccccc43)C2)n1. The summed E-state index contributed by atoms with van der Waals surface area (Å²) in [6.45, 7) is 5.80. The van der Waals surface area contributed by atoms with Crippen LogP contribution in [0.5, 0.6) is 0 Å². The van der Waals surface area contributed by atoms with Crippen LogP contribution in [0.3, 0.4) is 0 Å². The highest BCUT2D eigenvalue weighted by Gasteiger charge is 2.26. The van der Waals surface area contributed by atoms with Crippen LogP contribution >= 0.6 is 0 Å². The molecule has 0 saturated carbocycles. The highest BCUT2D eigenvalue weighted by atomic mass is 16.2. The van der Waals surface area contributed by atoms with Crippen LogP contribution in [0.4, 0.5) is 0 Å². The predicted octanol–water partition coefficient (Wildman–Crippen LogP) is 2.71. The maximum absolute atomic E-state index is 12.8. The van der Waals surface area contributed by atoms with Crippen molar-refractivity contribution in [2.75, 3.05) is 13.1 Å². The molecule has 1 fully saturated rings. The molecule has 3 aromatic rings. The molecule has 4 rings (SSSR count). The van der Waals surface area contributed by atoms with Crippen LogP contribution in [0.25, 0.3) is 10.9 Å². The topological polar surface area (TPSA) is 56.0 Å². The second kappa shape index (κ2) is 6.35. The number of piperidine rings is 1. The number of fused-ring (bicyclic) bond motifs is 1. The summed E-state index contributed by atoms with van der Waals surface area (Å²) in [6, 6.07) is 10.4. The van der Waals surface area contributed by atoms with E-state index >= 15 is 0 Å². The van der Waals surface area contributed by atoms with Crippen LogP contribution in [0.15, 0.2) is 36.5 Å². The summed E-state index contributed by atoms with van der Waals surface area (Å²) in [4.78, 5) is 19.2. The fourth-order valence-electron chi connectivity index (χ4n) is 3.79. The summed E-state index contributed by atoms with van der Waals surface area (Å²) in [5, 5.41) is 5.67. The van der Waals surface area contributed by atoms with Crippen LogP contribution in [0, 0.1) is 13.8 Å². The molecule has 0 spiro atoms. The van der Waals surface area contributed by atoms with Crippen molar-refractivity contribution in [3.8, 4) is 0 Å².